The van der Waals surface area contributed by atoms with Gasteiger partial charge in [-0.15, -0.1) is 11.3 Å². The molecule has 1 N–H and O–H groups in total. The Kier molecular flexibility index (Phi) is 3.97. The highest BCUT2D eigenvalue weighted by atomic mass is 32.1. The molecule has 122 valence electrons. The number of carbonyl (C=O) groups excluding carboxylic acids is 2. The van der Waals surface area contributed by atoms with Gasteiger partial charge in [0, 0.05) is 22.1 Å². The van der Waals surface area contributed by atoms with Crippen molar-refractivity contribution >= 4 is 33.2 Å². The maximum Gasteiger partial charge on any atom is 0.309 e. The van der Waals surface area contributed by atoms with Gasteiger partial charge in [-0.3, -0.25) is 9.59 Å². The van der Waals surface area contributed by atoms with Crippen LogP contribution in [0.5, 0.6) is 11.5 Å². The van der Waals surface area contributed by atoms with Crippen molar-refractivity contribution in [1.82, 2.24) is 0 Å². The summed E-state index contributed by atoms with van der Waals surface area (Å²) >= 11 is 1.12. The molecule has 1 aromatic heterocycles. The van der Waals surface area contributed by atoms with Crippen molar-refractivity contribution < 1.29 is 28.6 Å². The first-order chi connectivity index (χ1) is 11.0. The number of carbonyl (C=O) groups is 2. The van der Waals surface area contributed by atoms with E-state index in [2.05, 4.69) is 0 Å². The molecule has 0 spiro atoms. The summed E-state index contributed by atoms with van der Waals surface area (Å²) in [5, 5.41) is 9.89. The second kappa shape index (κ2) is 5.81. The third-order valence-electron chi connectivity index (χ3n) is 4.28. The number of phenols is 1. The summed E-state index contributed by atoms with van der Waals surface area (Å²) in [5.41, 5.74) is 0. The molecule has 0 saturated heterocycles. The third-order valence-corrected chi connectivity index (χ3v) is 5.38. The molecule has 0 radical (unpaired) electrons. The molecule has 1 aromatic carbocycles. The zero-order valence-electron chi connectivity index (χ0n) is 12.6. The lowest BCUT2D eigenvalue weighted by atomic mass is 9.71. The van der Waals surface area contributed by atoms with E-state index in [4.69, 9.17) is 9.47 Å². The summed E-state index contributed by atoms with van der Waals surface area (Å²) in [5.74, 6) is -2.79. The fourth-order valence-electron chi connectivity index (χ4n) is 2.81. The van der Waals surface area contributed by atoms with Crippen LogP contribution in [0.1, 0.15) is 22.5 Å². The van der Waals surface area contributed by atoms with E-state index >= 15 is 0 Å². The highest BCUT2D eigenvalue weighted by Crippen LogP contribution is 2.42. The van der Waals surface area contributed by atoms with Crippen LogP contribution in [0.2, 0.25) is 0 Å². The van der Waals surface area contributed by atoms with Crippen LogP contribution in [0.15, 0.2) is 12.1 Å². The number of Topliss-reactive ketones (excluding diaryl/α,β-unsaturated/α-hetero) is 1. The Bertz CT molecular complexity index is 797. The van der Waals surface area contributed by atoms with E-state index < -0.39 is 23.4 Å². The average Bonchev–Trinajstić information content (AvgIpc) is 2.93. The highest BCUT2D eigenvalue weighted by molar-refractivity contribution is 7.20. The molecule has 2 aromatic rings. The van der Waals surface area contributed by atoms with Gasteiger partial charge in [-0.05, 0) is 18.9 Å². The van der Waals surface area contributed by atoms with Crippen LogP contribution >= 0.6 is 11.3 Å². The smallest absolute Gasteiger partial charge is 0.309 e. The van der Waals surface area contributed by atoms with E-state index in [-0.39, 0.29) is 22.9 Å². The van der Waals surface area contributed by atoms with Crippen molar-refractivity contribution in [3.8, 4) is 11.5 Å². The number of methoxy groups -OCH3 is 2. The molecule has 1 heterocycles. The molecule has 1 fully saturated rings. The molecule has 1 saturated carbocycles. The van der Waals surface area contributed by atoms with E-state index in [1.165, 1.54) is 26.4 Å². The molecule has 23 heavy (non-hydrogen) atoms. The Morgan fingerprint density at radius 1 is 1.26 bits per heavy atom. The number of ketones is 1. The summed E-state index contributed by atoms with van der Waals surface area (Å²) in [6, 6.07) is 2.91. The van der Waals surface area contributed by atoms with E-state index in [0.717, 1.165) is 11.3 Å². The highest BCUT2D eigenvalue weighted by Gasteiger charge is 2.42. The average molecular weight is 338 g/mol. The Morgan fingerprint density at radius 3 is 2.52 bits per heavy atom. The number of aromatic hydroxyl groups is 1. The minimum Gasteiger partial charge on any atom is -0.502 e. The summed E-state index contributed by atoms with van der Waals surface area (Å²) in [6.07, 6.45) is 1.24. The molecule has 0 unspecified atom stereocenters. The lowest BCUT2D eigenvalue weighted by Gasteiger charge is -2.32. The van der Waals surface area contributed by atoms with Gasteiger partial charge >= 0.3 is 5.97 Å². The first-order valence-corrected chi connectivity index (χ1v) is 7.90. The van der Waals surface area contributed by atoms with E-state index in [9.17, 15) is 19.1 Å². The summed E-state index contributed by atoms with van der Waals surface area (Å²) in [6.45, 7) is 0. The fourth-order valence-corrected chi connectivity index (χ4v) is 3.90. The van der Waals surface area contributed by atoms with Crippen LogP contribution in [0.4, 0.5) is 4.39 Å². The third kappa shape index (κ3) is 2.45. The predicted molar refractivity (Wildman–Crippen MR) is 82.6 cm³/mol. The molecular formula is C16H15FO5S. The predicted octanol–water partition coefficient (Wildman–Crippen LogP) is 3.14. The molecule has 0 bridgehead atoms. The molecule has 1 aliphatic carbocycles. The number of halogens is 1. The van der Waals surface area contributed by atoms with Crippen LogP contribution in [0.3, 0.4) is 0 Å². The molecule has 7 heteroatoms. The Morgan fingerprint density at radius 2 is 1.96 bits per heavy atom. The number of phenolic OH excluding ortho intramolecular Hbond substituents is 1. The number of esters is 1. The van der Waals surface area contributed by atoms with E-state index in [1.54, 1.807) is 0 Å². The second-order valence-electron chi connectivity index (χ2n) is 5.44. The first-order valence-electron chi connectivity index (χ1n) is 7.09. The number of fused-ring (bicyclic) bond motifs is 1. The molecule has 2 atom stereocenters. The quantitative estimate of drug-likeness (QED) is 0.685. The van der Waals surface area contributed by atoms with Crippen molar-refractivity contribution in [2.24, 2.45) is 11.8 Å². The number of thiophene rings is 1. The minimum absolute atomic E-state index is 0.0203. The first kappa shape index (κ1) is 15.7. The van der Waals surface area contributed by atoms with E-state index in [1.807, 2.05) is 0 Å². The molecular weight excluding hydrogens is 323 g/mol. The van der Waals surface area contributed by atoms with Crippen LogP contribution in [0, 0.1) is 17.7 Å². The summed E-state index contributed by atoms with van der Waals surface area (Å²) in [7, 11) is 2.63. The van der Waals surface area contributed by atoms with Crippen LogP contribution in [0.25, 0.3) is 10.1 Å². The van der Waals surface area contributed by atoms with Gasteiger partial charge in [0.05, 0.1) is 25.0 Å². The largest absolute Gasteiger partial charge is 0.502 e. The number of ether oxygens (including phenoxy) is 2. The Balaban J connectivity index is 1.96. The van der Waals surface area contributed by atoms with Gasteiger partial charge in [0.25, 0.3) is 0 Å². The van der Waals surface area contributed by atoms with Gasteiger partial charge < -0.3 is 14.6 Å². The van der Waals surface area contributed by atoms with Crippen LogP contribution in [-0.2, 0) is 9.53 Å². The van der Waals surface area contributed by atoms with Gasteiger partial charge in [0.15, 0.2) is 23.1 Å². The number of benzene rings is 1. The van der Waals surface area contributed by atoms with Gasteiger partial charge in [-0.25, -0.2) is 4.39 Å². The zero-order valence-corrected chi connectivity index (χ0v) is 13.4. The molecule has 0 aliphatic heterocycles. The van der Waals surface area contributed by atoms with Gasteiger partial charge in [-0.2, -0.15) is 0 Å². The summed E-state index contributed by atoms with van der Waals surface area (Å²) < 4.78 is 24.3. The molecule has 1 aliphatic rings. The topological polar surface area (TPSA) is 72.8 Å². The van der Waals surface area contributed by atoms with Crippen LogP contribution in [-0.4, -0.2) is 31.1 Å². The SMILES string of the molecule is COC(=O)[C@@H]1CC[C@H]1C(=O)c1cc2c(F)c(O)c(OC)cc2s1. The van der Waals surface area contributed by atoms with Crippen molar-refractivity contribution in [1.29, 1.82) is 0 Å². The van der Waals surface area contributed by atoms with Gasteiger partial charge in [-0.1, -0.05) is 0 Å². The van der Waals surface area contributed by atoms with Crippen molar-refractivity contribution in [2.75, 3.05) is 14.2 Å². The molecule has 3 rings (SSSR count). The number of hydrogen-bond acceptors (Lipinski definition) is 6. The normalized spacial score (nSPS) is 20.1. The maximum absolute atomic E-state index is 14.2. The standard InChI is InChI=1S/C16H15FO5S/c1-21-10-6-11-9(13(17)15(10)19)5-12(23-11)14(18)7-3-4-8(7)16(20)22-2/h5-8,19H,3-4H2,1-2H3/t7-,8-/m1/s1. The van der Waals surface area contributed by atoms with Crippen LogP contribution < -0.4 is 4.74 Å². The Hall–Kier alpha value is -2.15. The minimum atomic E-state index is -0.812. The summed E-state index contributed by atoms with van der Waals surface area (Å²) in [4.78, 5) is 24.5. The number of rotatable bonds is 4. The van der Waals surface area contributed by atoms with Gasteiger partial charge in [0.1, 0.15) is 0 Å². The van der Waals surface area contributed by atoms with Gasteiger partial charge in [0.2, 0.25) is 0 Å². The molecule has 0 amide bonds. The van der Waals surface area contributed by atoms with Crippen molar-refractivity contribution in [3.05, 3.63) is 22.8 Å². The maximum atomic E-state index is 14.2. The lowest BCUT2D eigenvalue weighted by molar-refractivity contribution is -0.150. The second-order valence-corrected chi connectivity index (χ2v) is 6.53. The zero-order chi connectivity index (χ0) is 16.7. The lowest BCUT2D eigenvalue weighted by Crippen LogP contribution is -2.38. The Labute approximate surface area is 135 Å². The number of hydrogen-bond donors (Lipinski definition) is 1. The van der Waals surface area contributed by atoms with Crippen molar-refractivity contribution in [2.45, 2.75) is 12.8 Å². The van der Waals surface area contributed by atoms with Crippen molar-refractivity contribution in [3.63, 3.8) is 0 Å². The molecule has 5 nitrogen and oxygen atoms in total. The monoisotopic (exact) mass is 338 g/mol. The van der Waals surface area contributed by atoms with E-state index in [0.29, 0.717) is 22.4 Å². The fraction of sp³-hybridized carbons (Fsp3) is 0.375.